The van der Waals surface area contributed by atoms with E-state index < -0.39 is 0 Å². The monoisotopic (exact) mass is 239 g/mol. The maximum atomic E-state index is 4.28. The topological polar surface area (TPSA) is 14.1 Å². The van der Waals surface area contributed by atoms with Crippen molar-refractivity contribution in [2.75, 3.05) is 0 Å². The van der Waals surface area contributed by atoms with Gasteiger partial charge in [-0.3, -0.25) is 0 Å². The zero-order chi connectivity index (χ0) is 5.86. The summed E-state index contributed by atoms with van der Waals surface area (Å²) in [6.07, 6.45) is 0. The van der Waals surface area contributed by atoms with Gasteiger partial charge in [-0.2, -0.15) is 0 Å². The molecule has 0 spiro atoms. The molecule has 8 heavy (non-hydrogen) atoms. The molecule has 1 nitrogen and oxygen atoms in total. The van der Waals surface area contributed by atoms with E-state index >= 15 is 0 Å². The Morgan fingerprint density at radius 1 is 0.875 bits per heavy atom. The van der Waals surface area contributed by atoms with Crippen LogP contribution in [0.25, 0.3) is 5.32 Å². The van der Waals surface area contributed by atoms with Crippen LogP contribution in [0.4, 0.5) is 0 Å². The van der Waals surface area contributed by atoms with Crippen molar-refractivity contribution in [1.29, 1.82) is 0 Å². The molecule has 0 aromatic rings. The molecule has 0 aromatic carbocycles. The van der Waals surface area contributed by atoms with Gasteiger partial charge in [-0.05, 0) is 0 Å². The SMILES string of the molecule is CC(C)[N-]C(C)C.[La]. The minimum atomic E-state index is 0. The Balaban J connectivity index is 0. The van der Waals surface area contributed by atoms with Gasteiger partial charge < -0.3 is 5.32 Å². The second-order valence-corrected chi connectivity index (χ2v) is 2.34. The first kappa shape index (κ1) is 11.9. The van der Waals surface area contributed by atoms with Crippen LogP contribution in [0.1, 0.15) is 27.7 Å². The molecule has 0 aliphatic rings. The summed E-state index contributed by atoms with van der Waals surface area (Å²) in [6.45, 7) is 8.39. The van der Waals surface area contributed by atoms with Gasteiger partial charge in [0.25, 0.3) is 0 Å². The third-order valence-corrected chi connectivity index (χ3v) is 0.596. The summed E-state index contributed by atoms with van der Waals surface area (Å²) in [5.74, 6) is 0. The van der Waals surface area contributed by atoms with Crippen molar-refractivity contribution in [2.24, 2.45) is 0 Å². The molecule has 1 radical (unpaired) electrons. The van der Waals surface area contributed by atoms with Crippen molar-refractivity contribution in [3.05, 3.63) is 5.32 Å². The van der Waals surface area contributed by atoms with E-state index in [1.807, 2.05) is 0 Å². The summed E-state index contributed by atoms with van der Waals surface area (Å²) >= 11 is 0. The molecule has 0 aliphatic heterocycles. The summed E-state index contributed by atoms with van der Waals surface area (Å²) in [5, 5.41) is 4.28. The molecule has 0 N–H and O–H groups in total. The predicted octanol–water partition coefficient (Wildman–Crippen LogP) is 2.18. The molecule has 0 saturated heterocycles. The van der Waals surface area contributed by atoms with Crippen molar-refractivity contribution < 1.29 is 35.6 Å². The Kier molecular flexibility index (Phi) is 9.33. The van der Waals surface area contributed by atoms with E-state index in [9.17, 15) is 0 Å². The van der Waals surface area contributed by atoms with Crippen LogP contribution >= 0.6 is 0 Å². The Morgan fingerprint density at radius 3 is 1.12 bits per heavy atom. The summed E-state index contributed by atoms with van der Waals surface area (Å²) in [4.78, 5) is 0. The Bertz CT molecular complexity index is 37.8. The molecule has 0 heterocycles. The molecule has 0 amide bonds. The van der Waals surface area contributed by atoms with Crippen molar-refractivity contribution in [1.82, 2.24) is 0 Å². The van der Waals surface area contributed by atoms with Crippen LogP contribution in [0.15, 0.2) is 0 Å². The first-order valence-corrected chi connectivity index (χ1v) is 2.83. The molecule has 0 rings (SSSR count). The standard InChI is InChI=1S/C6H14N.La/c1-5(2)7-6(3)4;/h5-6H,1-4H3;/q-1;. The maximum absolute atomic E-state index is 4.28. The van der Waals surface area contributed by atoms with E-state index in [1.165, 1.54) is 0 Å². The van der Waals surface area contributed by atoms with Crippen LogP contribution in [-0.4, -0.2) is 12.1 Å². The minimum absolute atomic E-state index is 0. The van der Waals surface area contributed by atoms with Crippen LogP contribution in [0, 0.1) is 35.6 Å². The van der Waals surface area contributed by atoms with E-state index in [1.54, 1.807) is 0 Å². The van der Waals surface area contributed by atoms with Gasteiger partial charge in [0.05, 0.1) is 0 Å². The Labute approximate surface area is 80.2 Å². The van der Waals surface area contributed by atoms with E-state index in [2.05, 4.69) is 33.0 Å². The molecule has 0 atom stereocenters. The van der Waals surface area contributed by atoms with Crippen LogP contribution in [0.2, 0.25) is 0 Å². The zero-order valence-corrected chi connectivity index (χ0v) is 9.81. The fraction of sp³-hybridized carbons (Fsp3) is 1.00. The summed E-state index contributed by atoms with van der Waals surface area (Å²) in [5.41, 5.74) is 0. The maximum Gasteiger partial charge on any atom is 0 e. The molecule has 0 fully saturated rings. The Hall–Kier alpha value is 1.15. The fourth-order valence-electron chi connectivity index (χ4n) is 0.596. The number of hydrogen-bond acceptors (Lipinski definition) is 0. The molecule has 2 heteroatoms. The third-order valence-electron chi connectivity index (χ3n) is 0.596. The molecule has 0 bridgehead atoms. The average molecular weight is 239 g/mol. The smallest absolute Gasteiger partial charge is 0 e. The summed E-state index contributed by atoms with van der Waals surface area (Å²) < 4.78 is 0. The van der Waals surface area contributed by atoms with Gasteiger partial charge in [0.1, 0.15) is 0 Å². The predicted molar refractivity (Wildman–Crippen MR) is 33.6 cm³/mol. The van der Waals surface area contributed by atoms with Crippen molar-refractivity contribution >= 4 is 0 Å². The molecule has 0 aromatic heterocycles. The first-order chi connectivity index (χ1) is 3.13. The number of rotatable bonds is 2. The largest absolute Gasteiger partial charge is 0.658 e. The van der Waals surface area contributed by atoms with Crippen molar-refractivity contribution in [3.63, 3.8) is 0 Å². The van der Waals surface area contributed by atoms with Gasteiger partial charge in [0.2, 0.25) is 0 Å². The molecule has 0 aliphatic carbocycles. The van der Waals surface area contributed by atoms with Gasteiger partial charge in [0, 0.05) is 35.6 Å². The van der Waals surface area contributed by atoms with E-state index in [-0.39, 0.29) is 35.6 Å². The summed E-state index contributed by atoms with van der Waals surface area (Å²) in [6, 6.07) is 1.000. The van der Waals surface area contributed by atoms with Crippen LogP contribution in [0.3, 0.4) is 0 Å². The van der Waals surface area contributed by atoms with Crippen molar-refractivity contribution in [2.45, 2.75) is 39.8 Å². The molecule has 0 unspecified atom stereocenters. The van der Waals surface area contributed by atoms with Crippen molar-refractivity contribution in [3.8, 4) is 0 Å². The van der Waals surface area contributed by atoms with Gasteiger partial charge >= 0.3 is 0 Å². The average Bonchev–Trinajstić information content (AvgIpc) is 1.27. The van der Waals surface area contributed by atoms with Crippen LogP contribution in [0.5, 0.6) is 0 Å². The second-order valence-electron chi connectivity index (χ2n) is 2.34. The van der Waals surface area contributed by atoms with Gasteiger partial charge in [-0.1, -0.05) is 27.7 Å². The van der Waals surface area contributed by atoms with Gasteiger partial charge in [0.15, 0.2) is 0 Å². The number of hydrogen-bond donors (Lipinski definition) is 0. The van der Waals surface area contributed by atoms with E-state index in [0.29, 0.717) is 12.1 Å². The van der Waals surface area contributed by atoms with Gasteiger partial charge in [-0.15, -0.1) is 12.1 Å². The van der Waals surface area contributed by atoms with E-state index in [4.69, 9.17) is 0 Å². The molecular formula is C6H14LaN-. The van der Waals surface area contributed by atoms with Crippen LogP contribution in [-0.2, 0) is 0 Å². The normalized spacial score (nSPS) is 9.75. The first-order valence-electron chi connectivity index (χ1n) is 2.83. The molecule has 47 valence electrons. The number of nitrogens with zero attached hydrogens (tertiary/aromatic N) is 1. The quantitative estimate of drug-likeness (QED) is 0.701. The summed E-state index contributed by atoms with van der Waals surface area (Å²) in [7, 11) is 0. The van der Waals surface area contributed by atoms with E-state index in [0.717, 1.165) is 0 Å². The van der Waals surface area contributed by atoms with Gasteiger partial charge in [-0.25, -0.2) is 0 Å². The molecule has 0 saturated carbocycles. The second kappa shape index (κ2) is 6.28. The zero-order valence-electron chi connectivity index (χ0n) is 6.18. The fourth-order valence-corrected chi connectivity index (χ4v) is 0.596. The third kappa shape index (κ3) is 10.2. The molecular weight excluding hydrogens is 225 g/mol. The van der Waals surface area contributed by atoms with Crippen LogP contribution < -0.4 is 0 Å². The Morgan fingerprint density at radius 2 is 1.12 bits per heavy atom. The minimum Gasteiger partial charge on any atom is -0.658 e.